The summed E-state index contributed by atoms with van der Waals surface area (Å²) in [6, 6.07) is 10.1. The second-order valence-electron chi connectivity index (χ2n) is 3.59. The number of halogens is 1. The molecule has 0 atom stereocenters. The number of anilines is 1. The molecule has 0 radical (unpaired) electrons. The van der Waals surface area contributed by atoms with Gasteiger partial charge in [0.15, 0.2) is 0 Å². The van der Waals surface area contributed by atoms with E-state index in [1.165, 1.54) is 31.4 Å². The number of hydrogen-bond donors (Lipinski definition) is 0. The van der Waals surface area contributed by atoms with E-state index in [1.54, 1.807) is 18.2 Å². The first-order chi connectivity index (χ1) is 8.53. The molecular weight excluding hydrogens is 255 g/mol. The average molecular weight is 266 g/mol. The molecule has 4 nitrogen and oxygen atoms in total. The van der Waals surface area contributed by atoms with Crippen LogP contribution in [0.1, 0.15) is 0 Å². The van der Waals surface area contributed by atoms with Crippen molar-refractivity contribution in [2.45, 2.75) is 4.90 Å². The molecule has 0 aliphatic heterocycles. The van der Waals surface area contributed by atoms with Crippen molar-refractivity contribution >= 4 is 15.8 Å². The van der Waals surface area contributed by atoms with Gasteiger partial charge in [-0.3, -0.25) is 4.31 Å². The minimum Gasteiger partial charge on any atom is -0.253 e. The molecule has 0 spiro atoms. The van der Waals surface area contributed by atoms with Crippen LogP contribution in [0.3, 0.4) is 0 Å². The lowest BCUT2D eigenvalue weighted by Crippen LogP contribution is -2.28. The van der Waals surface area contributed by atoms with Crippen LogP contribution in [0.2, 0.25) is 0 Å². The summed E-state index contributed by atoms with van der Waals surface area (Å²) in [5, 5.41) is 0. The summed E-state index contributed by atoms with van der Waals surface area (Å²) in [5.41, 5.74) is 0. The Morgan fingerprint density at radius 1 is 1.11 bits per heavy atom. The molecule has 0 saturated heterocycles. The fraction of sp³-hybridized carbons (Fsp3) is 0.0833. The molecule has 0 aliphatic rings. The Bertz CT molecular complexity index is 644. The maximum absolute atomic E-state index is 13.5. The molecule has 1 aromatic heterocycles. The summed E-state index contributed by atoms with van der Waals surface area (Å²) in [5.74, 6) is -0.541. The van der Waals surface area contributed by atoms with Crippen LogP contribution >= 0.6 is 0 Å². The molecule has 1 aromatic carbocycles. The van der Waals surface area contributed by atoms with Gasteiger partial charge in [0.25, 0.3) is 10.0 Å². The van der Waals surface area contributed by atoms with Gasteiger partial charge in [0.2, 0.25) is 0 Å². The number of nitrogens with zero attached hydrogens (tertiary/aromatic N) is 2. The largest absolute Gasteiger partial charge is 0.268 e. The predicted molar refractivity (Wildman–Crippen MR) is 66.2 cm³/mol. The maximum atomic E-state index is 13.5. The standard InChI is InChI=1S/C12H11FN2O2S/c1-15(12-8-4-5-9-14-12)18(16,17)11-7-3-2-6-10(11)13/h2-9H,1H3. The zero-order valence-electron chi connectivity index (χ0n) is 9.62. The average Bonchev–Trinajstić information content (AvgIpc) is 2.39. The van der Waals surface area contributed by atoms with Crippen LogP contribution in [0.4, 0.5) is 10.2 Å². The van der Waals surface area contributed by atoms with Crippen molar-refractivity contribution in [1.82, 2.24) is 4.98 Å². The number of aromatic nitrogens is 1. The van der Waals surface area contributed by atoms with E-state index in [1.807, 2.05) is 0 Å². The van der Waals surface area contributed by atoms with Crippen molar-refractivity contribution in [2.24, 2.45) is 0 Å². The van der Waals surface area contributed by atoms with Crippen molar-refractivity contribution in [3.8, 4) is 0 Å². The molecule has 1 heterocycles. The van der Waals surface area contributed by atoms with Gasteiger partial charge in [0.05, 0.1) is 0 Å². The molecule has 2 aromatic rings. The maximum Gasteiger partial charge on any atom is 0.268 e. The van der Waals surface area contributed by atoms with E-state index >= 15 is 0 Å². The second-order valence-corrected chi connectivity index (χ2v) is 5.53. The number of hydrogen-bond acceptors (Lipinski definition) is 3. The van der Waals surface area contributed by atoms with Gasteiger partial charge in [-0.25, -0.2) is 17.8 Å². The van der Waals surface area contributed by atoms with Crippen LogP contribution in [0.15, 0.2) is 53.6 Å². The van der Waals surface area contributed by atoms with E-state index in [0.717, 1.165) is 10.4 Å². The molecule has 0 fully saturated rings. The Morgan fingerprint density at radius 2 is 1.78 bits per heavy atom. The van der Waals surface area contributed by atoms with E-state index in [4.69, 9.17) is 0 Å². The summed E-state index contributed by atoms with van der Waals surface area (Å²) in [6.45, 7) is 0. The van der Waals surface area contributed by atoms with Crippen LogP contribution in [0.5, 0.6) is 0 Å². The molecule has 0 amide bonds. The number of sulfonamides is 1. The van der Waals surface area contributed by atoms with Gasteiger partial charge in [-0.05, 0) is 24.3 Å². The van der Waals surface area contributed by atoms with Crippen LogP contribution < -0.4 is 4.31 Å². The van der Waals surface area contributed by atoms with Gasteiger partial charge in [0.1, 0.15) is 16.5 Å². The zero-order chi connectivity index (χ0) is 13.2. The summed E-state index contributed by atoms with van der Waals surface area (Å²) in [6.07, 6.45) is 1.47. The smallest absolute Gasteiger partial charge is 0.253 e. The van der Waals surface area contributed by atoms with E-state index in [2.05, 4.69) is 4.98 Å². The molecular formula is C12H11FN2O2S. The first-order valence-corrected chi connectivity index (χ1v) is 6.62. The molecule has 0 bridgehead atoms. The monoisotopic (exact) mass is 266 g/mol. The quantitative estimate of drug-likeness (QED) is 0.854. The summed E-state index contributed by atoms with van der Waals surface area (Å²) in [7, 11) is -2.59. The normalized spacial score (nSPS) is 11.2. The highest BCUT2D eigenvalue weighted by Gasteiger charge is 2.24. The van der Waals surface area contributed by atoms with Gasteiger partial charge < -0.3 is 0 Å². The minimum atomic E-state index is -3.93. The first kappa shape index (κ1) is 12.5. The fourth-order valence-electron chi connectivity index (χ4n) is 1.46. The minimum absolute atomic E-state index is 0.237. The Balaban J connectivity index is 2.48. The first-order valence-electron chi connectivity index (χ1n) is 5.18. The van der Waals surface area contributed by atoms with E-state index in [-0.39, 0.29) is 10.7 Å². The fourth-order valence-corrected chi connectivity index (χ4v) is 2.68. The van der Waals surface area contributed by atoms with Gasteiger partial charge in [-0.2, -0.15) is 0 Å². The molecule has 0 aliphatic carbocycles. The molecule has 18 heavy (non-hydrogen) atoms. The van der Waals surface area contributed by atoms with Crippen molar-refractivity contribution < 1.29 is 12.8 Å². The summed E-state index contributed by atoms with van der Waals surface area (Å²) >= 11 is 0. The third kappa shape index (κ3) is 2.19. The highest BCUT2D eigenvalue weighted by Crippen LogP contribution is 2.21. The SMILES string of the molecule is CN(c1ccccn1)S(=O)(=O)c1ccccc1F. The topological polar surface area (TPSA) is 50.3 Å². The molecule has 94 valence electrons. The van der Waals surface area contributed by atoms with Crippen LogP contribution in [0, 0.1) is 5.82 Å². The Morgan fingerprint density at radius 3 is 2.39 bits per heavy atom. The second kappa shape index (κ2) is 4.73. The lowest BCUT2D eigenvalue weighted by Gasteiger charge is -2.18. The van der Waals surface area contributed by atoms with Gasteiger partial charge in [-0.15, -0.1) is 0 Å². The van der Waals surface area contributed by atoms with Gasteiger partial charge in [0, 0.05) is 13.2 Å². The molecule has 6 heteroatoms. The molecule has 0 unspecified atom stereocenters. The van der Waals surface area contributed by atoms with Crippen molar-refractivity contribution in [2.75, 3.05) is 11.4 Å². The Hall–Kier alpha value is -1.95. The lowest BCUT2D eigenvalue weighted by molar-refractivity contribution is 0.565. The lowest BCUT2D eigenvalue weighted by atomic mass is 10.4. The van der Waals surface area contributed by atoms with Crippen LogP contribution in [-0.4, -0.2) is 20.4 Å². The van der Waals surface area contributed by atoms with Crippen molar-refractivity contribution in [3.05, 3.63) is 54.5 Å². The van der Waals surface area contributed by atoms with Gasteiger partial charge >= 0.3 is 0 Å². The molecule has 0 N–H and O–H groups in total. The highest BCUT2D eigenvalue weighted by molar-refractivity contribution is 7.92. The third-order valence-corrected chi connectivity index (χ3v) is 4.24. The van der Waals surface area contributed by atoms with Crippen LogP contribution in [-0.2, 0) is 10.0 Å². The summed E-state index contributed by atoms with van der Waals surface area (Å²) in [4.78, 5) is 3.56. The van der Waals surface area contributed by atoms with Crippen LogP contribution in [0.25, 0.3) is 0 Å². The van der Waals surface area contributed by atoms with Crippen molar-refractivity contribution in [3.63, 3.8) is 0 Å². The number of rotatable bonds is 3. The Kier molecular flexibility index (Phi) is 3.29. The van der Waals surface area contributed by atoms with E-state index < -0.39 is 15.8 Å². The van der Waals surface area contributed by atoms with Crippen molar-refractivity contribution in [1.29, 1.82) is 0 Å². The van der Waals surface area contributed by atoms with Gasteiger partial charge in [-0.1, -0.05) is 18.2 Å². The van der Waals surface area contributed by atoms with E-state index in [0.29, 0.717) is 0 Å². The Labute approximate surface area is 105 Å². The van der Waals surface area contributed by atoms with E-state index in [9.17, 15) is 12.8 Å². The number of pyridine rings is 1. The summed E-state index contributed by atoms with van der Waals surface area (Å²) < 4.78 is 38.9. The number of benzene rings is 1. The highest BCUT2D eigenvalue weighted by atomic mass is 32.2. The zero-order valence-corrected chi connectivity index (χ0v) is 10.4. The molecule has 2 rings (SSSR count). The molecule has 0 saturated carbocycles. The predicted octanol–water partition coefficient (Wildman–Crippen LogP) is 2.05. The third-order valence-electron chi connectivity index (χ3n) is 2.45.